The summed E-state index contributed by atoms with van der Waals surface area (Å²) in [7, 11) is 0. The molecule has 0 amide bonds. The second-order valence-corrected chi connectivity index (χ2v) is 26.9. The van der Waals surface area contributed by atoms with Gasteiger partial charge in [0.25, 0.3) is 0 Å². The van der Waals surface area contributed by atoms with Gasteiger partial charge in [-0.15, -0.1) is 34.0 Å². The zero-order valence-corrected chi connectivity index (χ0v) is 47.6. The summed E-state index contributed by atoms with van der Waals surface area (Å²) in [6.45, 7) is 14.4. The first kappa shape index (κ1) is 46.7. The van der Waals surface area contributed by atoms with Crippen molar-refractivity contribution in [3.63, 3.8) is 0 Å². The van der Waals surface area contributed by atoms with E-state index < -0.39 is 0 Å². The first-order valence-electron chi connectivity index (χ1n) is 25.0. The number of anilines is 3. The van der Waals surface area contributed by atoms with E-state index in [1.54, 1.807) is 0 Å². The number of benzene rings is 6. The lowest BCUT2D eigenvalue weighted by Gasteiger charge is -2.34. The third kappa shape index (κ3) is 6.88. The van der Waals surface area contributed by atoms with Gasteiger partial charge in [-0.3, -0.25) is 0 Å². The molecule has 0 bridgehead atoms. The molecule has 350 valence electrons. The molecule has 0 saturated carbocycles. The Morgan fingerprint density at radius 3 is 0.786 bits per heavy atom. The van der Waals surface area contributed by atoms with Gasteiger partial charge in [0, 0.05) is 47.9 Å². The van der Waals surface area contributed by atoms with Crippen molar-refractivity contribution >= 4 is 98.9 Å². The van der Waals surface area contributed by atoms with Crippen molar-refractivity contribution in [1.29, 1.82) is 0 Å². The number of hydrogen-bond acceptors (Lipinski definition) is 4. The predicted molar refractivity (Wildman–Crippen MR) is 315 cm³/mol. The van der Waals surface area contributed by atoms with Crippen LogP contribution in [0.3, 0.4) is 0 Å². The molecule has 0 fully saturated rings. The van der Waals surface area contributed by atoms with Crippen molar-refractivity contribution in [3.8, 4) is 64.7 Å². The molecule has 3 aromatic heterocycles. The minimum Gasteiger partial charge on any atom is -0.310 e. The highest BCUT2D eigenvalue weighted by molar-refractivity contribution is 9.11. The van der Waals surface area contributed by atoms with Crippen LogP contribution in [-0.2, 0) is 16.2 Å². The van der Waals surface area contributed by atoms with Crippen LogP contribution in [0.4, 0.5) is 17.1 Å². The SMILES string of the molecule is CCC1(CC)c2cc(-c3ccc(Br)s3)ccc2-c2ccc(N(c3ccc4c(c3)C(CC)(CC)c3cc(-c5ccc(Br)s5)ccc3-4)c3ccc4c(c3)C(CC)(CC)c3cc(-c5ccc(Br)s5)ccc3-4)cc21. The van der Waals surface area contributed by atoms with Gasteiger partial charge in [-0.2, -0.15) is 0 Å². The van der Waals surface area contributed by atoms with E-state index in [0.29, 0.717) is 0 Å². The van der Waals surface area contributed by atoms with Crippen LogP contribution in [0, 0.1) is 0 Å². The molecule has 0 atom stereocenters. The van der Waals surface area contributed by atoms with Gasteiger partial charge in [0.15, 0.2) is 0 Å². The lowest BCUT2D eigenvalue weighted by molar-refractivity contribution is 0.490. The van der Waals surface area contributed by atoms with Crippen molar-refractivity contribution in [2.45, 2.75) is 96.3 Å². The maximum absolute atomic E-state index is 3.74. The number of nitrogens with zero attached hydrogens (tertiary/aromatic N) is 1. The summed E-state index contributed by atoms with van der Waals surface area (Å²) in [6.07, 6.45) is 6.16. The summed E-state index contributed by atoms with van der Waals surface area (Å²) in [5.41, 5.74) is 24.1. The molecule has 0 saturated heterocycles. The number of rotatable bonds is 12. The first-order valence-corrected chi connectivity index (χ1v) is 29.8. The van der Waals surface area contributed by atoms with Gasteiger partial charge in [-0.1, -0.05) is 96.1 Å². The van der Waals surface area contributed by atoms with E-state index in [0.717, 1.165) is 49.9 Å². The van der Waals surface area contributed by atoms with Gasteiger partial charge >= 0.3 is 0 Å². The first-order chi connectivity index (χ1) is 34.0. The highest BCUT2D eigenvalue weighted by Gasteiger charge is 2.45. The quantitative estimate of drug-likeness (QED) is 0.118. The fourth-order valence-corrected chi connectivity index (χ4v) is 17.4. The van der Waals surface area contributed by atoms with E-state index >= 15 is 0 Å². The Hall–Kier alpha value is -4.34. The fraction of sp³-hybridized carbons (Fsp3) is 0.238. The van der Waals surface area contributed by atoms with Crippen LogP contribution >= 0.6 is 81.8 Å². The van der Waals surface area contributed by atoms with Crippen LogP contribution < -0.4 is 4.90 Å². The summed E-state index contributed by atoms with van der Waals surface area (Å²) in [4.78, 5) is 6.50. The number of fused-ring (bicyclic) bond motifs is 9. The summed E-state index contributed by atoms with van der Waals surface area (Å²) in [5.74, 6) is 0. The minimum atomic E-state index is -0.110. The molecule has 0 unspecified atom stereocenters. The fourth-order valence-electron chi connectivity index (χ4n) is 13.2. The van der Waals surface area contributed by atoms with Gasteiger partial charge in [0.1, 0.15) is 0 Å². The Morgan fingerprint density at radius 1 is 0.314 bits per heavy atom. The normalized spacial score (nSPS) is 15.0. The van der Waals surface area contributed by atoms with Crippen molar-refractivity contribution in [2.75, 3.05) is 4.90 Å². The second-order valence-electron chi connectivity index (χ2n) is 19.5. The molecule has 0 spiro atoms. The van der Waals surface area contributed by atoms with Gasteiger partial charge in [0.05, 0.1) is 11.4 Å². The van der Waals surface area contributed by atoms with E-state index in [1.807, 2.05) is 34.0 Å². The molecule has 0 radical (unpaired) electrons. The molecular weight excluding hydrogens is 1110 g/mol. The van der Waals surface area contributed by atoms with E-state index in [2.05, 4.69) is 240 Å². The Labute approximate surface area is 451 Å². The lowest BCUT2D eigenvalue weighted by Crippen LogP contribution is -2.25. The summed E-state index contributed by atoms with van der Waals surface area (Å²) in [5, 5.41) is 0. The molecule has 9 aromatic rings. The molecular formula is C63H54Br3NS3. The molecule has 3 heterocycles. The summed E-state index contributed by atoms with van der Waals surface area (Å²) in [6, 6.07) is 57.2. The number of halogens is 3. The zero-order valence-electron chi connectivity index (χ0n) is 40.4. The standard InChI is InChI=1S/C63H54Br3NS3/c1-7-61(8-2)49-31-37(55-25-28-58(64)68-55)13-19-43(49)46-22-16-40(34-52(46)61)67(41-17-23-47-44-20-14-38(56-26-29-59(65)69-56)32-50(44)62(9-3,10-4)53(47)35-41)42-18-24-48-45-21-15-39(57-27-30-60(66)70-57)33-51(45)63(11-5,12-6)54(48)36-42/h13-36H,7-12H2,1-6H3. The molecule has 1 nitrogen and oxygen atoms in total. The summed E-state index contributed by atoms with van der Waals surface area (Å²) < 4.78 is 3.49. The monoisotopic (exact) mass is 1160 g/mol. The number of hydrogen-bond donors (Lipinski definition) is 0. The third-order valence-corrected chi connectivity index (χ3v) is 22.0. The van der Waals surface area contributed by atoms with Gasteiger partial charge in [0.2, 0.25) is 0 Å². The molecule has 70 heavy (non-hydrogen) atoms. The van der Waals surface area contributed by atoms with Gasteiger partial charge < -0.3 is 4.90 Å². The van der Waals surface area contributed by atoms with Crippen molar-refractivity contribution in [3.05, 3.63) is 190 Å². The molecule has 12 rings (SSSR count). The average molecular weight is 1160 g/mol. The predicted octanol–water partition coefficient (Wildman–Crippen LogP) is 21.9. The Morgan fingerprint density at radius 2 is 0.557 bits per heavy atom. The minimum absolute atomic E-state index is 0.110. The van der Waals surface area contributed by atoms with E-state index in [4.69, 9.17) is 0 Å². The molecule has 3 aliphatic carbocycles. The molecule has 0 N–H and O–H groups in total. The number of thiophene rings is 3. The van der Waals surface area contributed by atoms with Gasteiger partial charge in [-0.25, -0.2) is 0 Å². The van der Waals surface area contributed by atoms with E-state index in [1.165, 1.54) is 115 Å². The lowest BCUT2D eigenvalue weighted by atomic mass is 9.73. The average Bonchev–Trinajstić information content (AvgIpc) is 4.26. The van der Waals surface area contributed by atoms with Gasteiger partial charge in [-0.05, 0) is 261 Å². The van der Waals surface area contributed by atoms with Crippen LogP contribution in [0.25, 0.3) is 64.7 Å². The molecule has 3 aliphatic rings. The second kappa shape index (κ2) is 17.7. The highest BCUT2D eigenvalue weighted by Crippen LogP contribution is 2.59. The van der Waals surface area contributed by atoms with Crippen LogP contribution in [-0.4, -0.2) is 0 Å². The maximum atomic E-state index is 3.74. The maximum Gasteiger partial charge on any atom is 0.0705 e. The van der Waals surface area contributed by atoms with Crippen molar-refractivity contribution < 1.29 is 0 Å². The third-order valence-electron chi connectivity index (χ3n) is 17.0. The molecule has 7 heteroatoms. The highest BCUT2D eigenvalue weighted by atomic mass is 79.9. The zero-order chi connectivity index (χ0) is 48.3. The van der Waals surface area contributed by atoms with Crippen LogP contribution in [0.15, 0.2) is 157 Å². The van der Waals surface area contributed by atoms with Crippen LogP contribution in [0.1, 0.15) is 113 Å². The topological polar surface area (TPSA) is 3.24 Å². The smallest absolute Gasteiger partial charge is 0.0705 e. The largest absolute Gasteiger partial charge is 0.310 e. The van der Waals surface area contributed by atoms with Crippen molar-refractivity contribution in [1.82, 2.24) is 0 Å². The Kier molecular flexibility index (Phi) is 11.8. The van der Waals surface area contributed by atoms with Crippen LogP contribution in [0.5, 0.6) is 0 Å². The summed E-state index contributed by atoms with van der Waals surface area (Å²) >= 11 is 16.6. The van der Waals surface area contributed by atoms with Crippen molar-refractivity contribution in [2.24, 2.45) is 0 Å². The molecule has 0 aliphatic heterocycles. The Balaban J connectivity index is 1.05. The van der Waals surface area contributed by atoms with Crippen LogP contribution in [0.2, 0.25) is 0 Å². The molecule has 6 aromatic carbocycles. The van der Waals surface area contributed by atoms with E-state index in [9.17, 15) is 0 Å². The Bertz CT molecular complexity index is 3170. The van der Waals surface area contributed by atoms with E-state index in [-0.39, 0.29) is 16.2 Å².